The van der Waals surface area contributed by atoms with Crippen molar-refractivity contribution in [3.05, 3.63) is 29.8 Å². The molecule has 0 aromatic heterocycles. The summed E-state index contributed by atoms with van der Waals surface area (Å²) in [7, 11) is 1.85. The van der Waals surface area contributed by atoms with Crippen LogP contribution in [0.4, 0.5) is 10.5 Å². The number of benzene rings is 1. The third-order valence-electron chi connectivity index (χ3n) is 7.03. The fraction of sp³-hybridized carbons (Fsp3) is 0.640. The van der Waals surface area contributed by atoms with E-state index < -0.39 is 5.60 Å². The molecule has 1 N–H and O–H groups in total. The smallest absolute Gasteiger partial charge is 0.410 e. The van der Waals surface area contributed by atoms with Gasteiger partial charge in [-0.25, -0.2) is 4.79 Å². The highest BCUT2D eigenvalue weighted by molar-refractivity contribution is 5.97. The molecular weight excluding hydrogens is 406 g/mol. The van der Waals surface area contributed by atoms with E-state index in [-0.39, 0.29) is 42.0 Å². The van der Waals surface area contributed by atoms with Gasteiger partial charge in [-0.15, -0.1) is 0 Å². The third-order valence-corrected chi connectivity index (χ3v) is 7.03. The van der Waals surface area contributed by atoms with Crippen molar-refractivity contribution in [2.75, 3.05) is 12.4 Å². The molecule has 2 bridgehead atoms. The zero-order valence-corrected chi connectivity index (χ0v) is 19.8. The van der Waals surface area contributed by atoms with Crippen molar-refractivity contribution in [2.45, 2.75) is 83.5 Å². The summed E-state index contributed by atoms with van der Waals surface area (Å²) in [6.07, 6.45) is 4.15. The number of carbonyl (C=O) groups excluding carboxylic acids is 3. The SMILES string of the molecule is C[C@H]1C[C@@H]1C(=O)Nc1ccc(C(=O)N(C)C2C[C@H]3CC[C@@H](C2)N3C(=O)OC(C)(C)C)cc1. The van der Waals surface area contributed by atoms with Crippen LogP contribution in [0.1, 0.15) is 70.2 Å². The minimum absolute atomic E-state index is 0.0335. The van der Waals surface area contributed by atoms with Gasteiger partial charge in [0.25, 0.3) is 5.91 Å². The fourth-order valence-electron chi connectivity index (χ4n) is 5.07. The maximum atomic E-state index is 13.1. The first-order chi connectivity index (χ1) is 15.0. The Morgan fingerprint density at radius 3 is 2.09 bits per heavy atom. The minimum Gasteiger partial charge on any atom is -0.444 e. The van der Waals surface area contributed by atoms with Gasteiger partial charge < -0.3 is 19.9 Å². The van der Waals surface area contributed by atoms with Gasteiger partial charge in [-0.3, -0.25) is 9.59 Å². The maximum Gasteiger partial charge on any atom is 0.410 e. The first kappa shape index (κ1) is 22.6. The van der Waals surface area contributed by atoms with Crippen molar-refractivity contribution in [1.82, 2.24) is 9.80 Å². The number of rotatable bonds is 4. The Balaban J connectivity index is 1.35. The Bertz CT molecular complexity index is 877. The second kappa shape index (κ2) is 8.41. The number of hydrogen-bond donors (Lipinski definition) is 1. The molecule has 7 nitrogen and oxygen atoms in total. The van der Waals surface area contributed by atoms with E-state index in [4.69, 9.17) is 4.74 Å². The molecule has 2 aliphatic heterocycles. The van der Waals surface area contributed by atoms with Crippen LogP contribution in [-0.4, -0.2) is 58.5 Å². The van der Waals surface area contributed by atoms with E-state index in [1.54, 1.807) is 24.3 Å². The lowest BCUT2D eigenvalue weighted by molar-refractivity contribution is -0.117. The lowest BCUT2D eigenvalue weighted by Gasteiger charge is -2.42. The van der Waals surface area contributed by atoms with Crippen LogP contribution in [0.3, 0.4) is 0 Å². The number of piperidine rings is 1. The average Bonchev–Trinajstić information content (AvgIpc) is 3.40. The number of nitrogens with one attached hydrogen (secondary N) is 1. The van der Waals surface area contributed by atoms with Crippen LogP contribution in [0.5, 0.6) is 0 Å². The summed E-state index contributed by atoms with van der Waals surface area (Å²) in [5, 5.41) is 2.93. The first-order valence-corrected chi connectivity index (χ1v) is 11.7. The Morgan fingerprint density at radius 2 is 1.59 bits per heavy atom. The summed E-state index contributed by atoms with van der Waals surface area (Å²) in [5.74, 6) is 0.598. The van der Waals surface area contributed by atoms with Crippen molar-refractivity contribution < 1.29 is 19.1 Å². The van der Waals surface area contributed by atoms with Crippen LogP contribution < -0.4 is 5.32 Å². The standard InChI is InChI=1S/C25H35N3O4/c1-15-12-21(15)22(29)26-17-8-6-16(7-9-17)23(30)27(5)20-13-18-10-11-19(14-20)28(18)24(31)32-25(2,3)4/h6-9,15,18-21H,10-14H2,1-5H3,(H,26,29)/t15-,18-,19+,20?,21-/m0/s1. The monoisotopic (exact) mass is 441 g/mol. The third kappa shape index (κ3) is 4.76. The summed E-state index contributed by atoms with van der Waals surface area (Å²) < 4.78 is 5.61. The minimum atomic E-state index is -0.511. The van der Waals surface area contributed by atoms with Gasteiger partial charge >= 0.3 is 6.09 Å². The zero-order valence-electron chi connectivity index (χ0n) is 19.8. The first-order valence-electron chi connectivity index (χ1n) is 11.7. The molecule has 1 aromatic rings. The summed E-state index contributed by atoms with van der Waals surface area (Å²) >= 11 is 0. The predicted molar refractivity (Wildman–Crippen MR) is 122 cm³/mol. The van der Waals surface area contributed by atoms with Crippen LogP contribution in [0.25, 0.3) is 0 Å². The molecule has 3 amide bonds. The van der Waals surface area contributed by atoms with E-state index in [0.29, 0.717) is 11.5 Å². The molecule has 2 heterocycles. The average molecular weight is 442 g/mol. The van der Waals surface area contributed by atoms with E-state index in [9.17, 15) is 14.4 Å². The number of amides is 3. The molecule has 2 saturated heterocycles. The molecule has 5 atom stereocenters. The number of anilines is 1. The van der Waals surface area contributed by atoms with E-state index in [0.717, 1.165) is 37.8 Å². The largest absolute Gasteiger partial charge is 0.444 e. The number of carbonyl (C=O) groups is 3. The van der Waals surface area contributed by atoms with Crippen LogP contribution >= 0.6 is 0 Å². The highest BCUT2D eigenvalue weighted by atomic mass is 16.6. The summed E-state index contributed by atoms with van der Waals surface area (Å²) in [6, 6.07) is 7.46. The van der Waals surface area contributed by atoms with E-state index in [1.807, 2.05) is 37.6 Å². The molecule has 3 aliphatic rings. The summed E-state index contributed by atoms with van der Waals surface area (Å²) in [5.41, 5.74) is 0.812. The molecule has 1 saturated carbocycles. The Labute approximate surface area is 190 Å². The van der Waals surface area contributed by atoms with E-state index >= 15 is 0 Å². The normalized spacial score (nSPS) is 28.8. The molecule has 0 spiro atoms. The lowest BCUT2D eigenvalue weighted by Crippen LogP contribution is -2.53. The number of nitrogens with zero attached hydrogens (tertiary/aromatic N) is 2. The highest BCUT2D eigenvalue weighted by Crippen LogP contribution is 2.39. The van der Waals surface area contributed by atoms with Gasteiger partial charge in [-0.05, 0) is 83.1 Å². The van der Waals surface area contributed by atoms with E-state index in [2.05, 4.69) is 12.2 Å². The fourth-order valence-corrected chi connectivity index (χ4v) is 5.07. The van der Waals surface area contributed by atoms with Crippen LogP contribution in [-0.2, 0) is 9.53 Å². The van der Waals surface area contributed by atoms with Crippen molar-refractivity contribution in [3.8, 4) is 0 Å². The Hall–Kier alpha value is -2.57. The van der Waals surface area contributed by atoms with E-state index in [1.165, 1.54) is 0 Å². The molecule has 174 valence electrons. The number of fused-ring (bicyclic) bond motifs is 2. The van der Waals surface area contributed by atoms with Gasteiger partial charge in [0.05, 0.1) is 0 Å². The van der Waals surface area contributed by atoms with Crippen LogP contribution in [0.2, 0.25) is 0 Å². The molecular formula is C25H35N3O4. The second-order valence-corrected chi connectivity index (χ2v) is 10.7. The molecule has 3 fully saturated rings. The maximum absolute atomic E-state index is 13.1. The van der Waals surface area contributed by atoms with Gasteiger partial charge in [0.1, 0.15) is 5.60 Å². The molecule has 4 rings (SSSR count). The van der Waals surface area contributed by atoms with Crippen molar-refractivity contribution >= 4 is 23.6 Å². The number of hydrogen-bond acceptors (Lipinski definition) is 4. The van der Waals surface area contributed by atoms with Gasteiger partial charge in [0.15, 0.2) is 0 Å². The Morgan fingerprint density at radius 1 is 1.03 bits per heavy atom. The van der Waals surface area contributed by atoms with Gasteiger partial charge in [-0.1, -0.05) is 6.92 Å². The topological polar surface area (TPSA) is 79.0 Å². The van der Waals surface area contributed by atoms with Crippen LogP contribution in [0.15, 0.2) is 24.3 Å². The number of ether oxygens (including phenoxy) is 1. The Kier molecular flexibility index (Phi) is 5.94. The second-order valence-electron chi connectivity index (χ2n) is 10.7. The lowest BCUT2D eigenvalue weighted by atomic mass is 9.96. The van der Waals surface area contributed by atoms with Gasteiger partial charge in [0.2, 0.25) is 5.91 Å². The summed E-state index contributed by atoms with van der Waals surface area (Å²) in [4.78, 5) is 41.6. The van der Waals surface area contributed by atoms with Gasteiger partial charge in [-0.2, -0.15) is 0 Å². The van der Waals surface area contributed by atoms with Crippen LogP contribution in [0, 0.1) is 11.8 Å². The molecule has 32 heavy (non-hydrogen) atoms. The van der Waals surface area contributed by atoms with Crippen molar-refractivity contribution in [1.29, 1.82) is 0 Å². The molecule has 0 radical (unpaired) electrons. The quantitative estimate of drug-likeness (QED) is 0.756. The molecule has 7 heteroatoms. The van der Waals surface area contributed by atoms with Crippen molar-refractivity contribution in [3.63, 3.8) is 0 Å². The predicted octanol–water partition coefficient (Wildman–Crippen LogP) is 4.28. The van der Waals surface area contributed by atoms with Crippen molar-refractivity contribution in [2.24, 2.45) is 11.8 Å². The molecule has 1 aromatic carbocycles. The molecule has 1 unspecified atom stereocenters. The highest BCUT2D eigenvalue weighted by Gasteiger charge is 2.46. The zero-order chi connectivity index (χ0) is 23.2. The molecule has 1 aliphatic carbocycles. The van der Waals surface area contributed by atoms with Gasteiger partial charge in [0, 0.05) is 42.3 Å². The summed E-state index contributed by atoms with van der Waals surface area (Å²) in [6.45, 7) is 7.73.